The molecule has 0 saturated heterocycles. The van der Waals surface area contributed by atoms with Gasteiger partial charge in [-0.2, -0.15) is 0 Å². The molecular formula is C28H27ClFNO6. The summed E-state index contributed by atoms with van der Waals surface area (Å²) in [7, 11) is 2.75. The van der Waals surface area contributed by atoms with Crippen LogP contribution in [0.3, 0.4) is 0 Å². The molecule has 1 saturated carbocycles. The van der Waals surface area contributed by atoms with Crippen molar-refractivity contribution in [3.05, 3.63) is 76.2 Å². The molecule has 9 heteroatoms. The van der Waals surface area contributed by atoms with E-state index in [1.54, 1.807) is 18.2 Å². The van der Waals surface area contributed by atoms with Crippen molar-refractivity contribution in [2.45, 2.75) is 44.3 Å². The van der Waals surface area contributed by atoms with Crippen molar-refractivity contribution in [3.8, 4) is 22.8 Å². The van der Waals surface area contributed by atoms with Crippen molar-refractivity contribution in [1.82, 2.24) is 4.98 Å². The Labute approximate surface area is 219 Å². The third kappa shape index (κ3) is 6.26. The Morgan fingerprint density at radius 1 is 1.08 bits per heavy atom. The van der Waals surface area contributed by atoms with Crippen LogP contribution in [0.15, 0.2) is 48.5 Å². The van der Waals surface area contributed by atoms with E-state index in [0.717, 1.165) is 12.8 Å². The number of benzene rings is 2. The molecule has 0 spiro atoms. The molecule has 37 heavy (non-hydrogen) atoms. The summed E-state index contributed by atoms with van der Waals surface area (Å²) in [4.78, 5) is 29.8. The van der Waals surface area contributed by atoms with Crippen molar-refractivity contribution in [2.75, 3.05) is 14.2 Å². The number of aromatic nitrogens is 1. The number of methoxy groups -OCH3 is 2. The molecule has 1 unspecified atom stereocenters. The lowest BCUT2D eigenvalue weighted by Gasteiger charge is -2.24. The van der Waals surface area contributed by atoms with Crippen LogP contribution in [-0.2, 0) is 10.3 Å². The van der Waals surface area contributed by atoms with Gasteiger partial charge in [-0.3, -0.25) is 4.79 Å². The van der Waals surface area contributed by atoms with Gasteiger partial charge in [-0.25, -0.2) is 14.2 Å². The maximum absolute atomic E-state index is 13.7. The molecule has 1 aromatic heterocycles. The molecule has 0 bridgehead atoms. The predicted molar refractivity (Wildman–Crippen MR) is 136 cm³/mol. The van der Waals surface area contributed by atoms with E-state index in [0.29, 0.717) is 28.3 Å². The molecule has 0 radical (unpaired) electrons. The van der Waals surface area contributed by atoms with Crippen LogP contribution in [0.25, 0.3) is 11.3 Å². The number of hydrogen-bond donors (Lipinski definition) is 1. The van der Waals surface area contributed by atoms with Gasteiger partial charge in [0.25, 0.3) is 0 Å². The summed E-state index contributed by atoms with van der Waals surface area (Å²) in [5, 5.41) is 11.2. The Morgan fingerprint density at radius 3 is 2.49 bits per heavy atom. The smallest absolute Gasteiger partial charge is 0.337 e. The minimum atomic E-state index is -1.57. The van der Waals surface area contributed by atoms with E-state index in [1.807, 2.05) is 0 Å². The number of aliphatic hydroxyl groups is 1. The number of rotatable bonds is 10. The Balaban J connectivity index is 1.57. The van der Waals surface area contributed by atoms with Crippen molar-refractivity contribution >= 4 is 23.4 Å². The predicted octanol–water partition coefficient (Wildman–Crippen LogP) is 5.75. The molecule has 4 rings (SSSR count). The summed E-state index contributed by atoms with van der Waals surface area (Å²) in [6.45, 7) is 1.51. The first-order valence-corrected chi connectivity index (χ1v) is 12.2. The molecule has 0 amide bonds. The lowest BCUT2D eigenvalue weighted by Crippen LogP contribution is -2.25. The lowest BCUT2D eigenvalue weighted by atomic mass is 9.91. The summed E-state index contributed by atoms with van der Waals surface area (Å²) in [5.41, 5.74) is -0.103. The van der Waals surface area contributed by atoms with Crippen LogP contribution in [0.1, 0.15) is 59.0 Å². The van der Waals surface area contributed by atoms with E-state index >= 15 is 0 Å². The third-order valence-corrected chi connectivity index (χ3v) is 6.45. The SMILES string of the molecule is COC(=O)c1cc(-c2ccc(F)c(Cl)c2)nc(C(C)(O)CCC(=O)c2ccc(OC3CC3)c(OC)c2)c1. The van der Waals surface area contributed by atoms with E-state index in [4.69, 9.17) is 25.8 Å². The van der Waals surface area contributed by atoms with Crippen LogP contribution in [0.4, 0.5) is 4.39 Å². The molecule has 1 aliphatic rings. The molecule has 3 aromatic rings. The van der Waals surface area contributed by atoms with Crippen LogP contribution < -0.4 is 9.47 Å². The van der Waals surface area contributed by atoms with E-state index < -0.39 is 17.4 Å². The highest BCUT2D eigenvalue weighted by Gasteiger charge is 2.29. The van der Waals surface area contributed by atoms with Gasteiger partial charge in [0.2, 0.25) is 0 Å². The van der Waals surface area contributed by atoms with Crippen LogP contribution in [0.2, 0.25) is 5.02 Å². The molecular weight excluding hydrogens is 501 g/mol. The van der Waals surface area contributed by atoms with Gasteiger partial charge in [0.15, 0.2) is 17.3 Å². The van der Waals surface area contributed by atoms with E-state index in [1.165, 1.54) is 51.5 Å². The molecule has 7 nitrogen and oxygen atoms in total. The number of carbonyl (C=O) groups excluding carboxylic acids is 2. The molecule has 0 aliphatic heterocycles. The number of ketones is 1. The molecule has 2 aromatic carbocycles. The summed E-state index contributed by atoms with van der Waals surface area (Å²) in [5.74, 6) is -0.369. The zero-order valence-electron chi connectivity index (χ0n) is 20.7. The first-order valence-electron chi connectivity index (χ1n) is 11.8. The maximum atomic E-state index is 13.7. The topological polar surface area (TPSA) is 95.0 Å². The minimum Gasteiger partial charge on any atom is -0.493 e. The van der Waals surface area contributed by atoms with Crippen molar-refractivity contribution in [2.24, 2.45) is 0 Å². The Bertz CT molecular complexity index is 1340. The highest BCUT2D eigenvalue weighted by atomic mass is 35.5. The van der Waals surface area contributed by atoms with Crippen LogP contribution in [-0.4, -0.2) is 42.2 Å². The lowest BCUT2D eigenvalue weighted by molar-refractivity contribution is 0.0395. The number of ether oxygens (including phenoxy) is 3. The number of carbonyl (C=O) groups is 2. The van der Waals surface area contributed by atoms with E-state index in [-0.39, 0.29) is 41.0 Å². The van der Waals surface area contributed by atoms with Crippen LogP contribution >= 0.6 is 11.6 Å². The average Bonchev–Trinajstić information content (AvgIpc) is 3.72. The second kappa shape index (κ2) is 10.9. The third-order valence-electron chi connectivity index (χ3n) is 6.16. The van der Waals surface area contributed by atoms with Crippen molar-refractivity contribution in [3.63, 3.8) is 0 Å². The first-order chi connectivity index (χ1) is 17.6. The van der Waals surface area contributed by atoms with Gasteiger partial charge in [-0.15, -0.1) is 0 Å². The van der Waals surface area contributed by atoms with Gasteiger partial charge in [0.1, 0.15) is 11.4 Å². The maximum Gasteiger partial charge on any atom is 0.337 e. The largest absolute Gasteiger partial charge is 0.493 e. The summed E-state index contributed by atoms with van der Waals surface area (Å²) >= 11 is 5.93. The van der Waals surface area contributed by atoms with Gasteiger partial charge in [-0.05, 0) is 74.7 Å². The molecule has 1 atom stereocenters. The second-order valence-electron chi connectivity index (χ2n) is 9.13. The highest BCUT2D eigenvalue weighted by Crippen LogP contribution is 2.35. The fourth-order valence-electron chi connectivity index (χ4n) is 3.78. The number of halogens is 2. The first kappa shape index (κ1) is 26.6. The van der Waals surface area contributed by atoms with Gasteiger partial charge in [0, 0.05) is 17.5 Å². The number of esters is 1. The van der Waals surface area contributed by atoms with E-state index in [9.17, 15) is 19.1 Å². The van der Waals surface area contributed by atoms with Crippen LogP contribution in [0, 0.1) is 5.82 Å². The van der Waals surface area contributed by atoms with Crippen molar-refractivity contribution in [1.29, 1.82) is 0 Å². The highest BCUT2D eigenvalue weighted by molar-refractivity contribution is 6.31. The Morgan fingerprint density at radius 2 is 1.84 bits per heavy atom. The normalized spacial score (nSPS) is 14.5. The van der Waals surface area contributed by atoms with Gasteiger partial charge >= 0.3 is 5.97 Å². The average molecular weight is 528 g/mol. The second-order valence-corrected chi connectivity index (χ2v) is 9.53. The quantitative estimate of drug-likeness (QED) is 0.265. The fourth-order valence-corrected chi connectivity index (χ4v) is 3.96. The molecule has 1 aliphatic carbocycles. The molecule has 1 fully saturated rings. The van der Waals surface area contributed by atoms with E-state index in [2.05, 4.69) is 4.98 Å². The summed E-state index contributed by atoms with van der Waals surface area (Å²) < 4.78 is 29.7. The Hall–Kier alpha value is -3.49. The zero-order valence-corrected chi connectivity index (χ0v) is 21.5. The molecule has 194 valence electrons. The Kier molecular flexibility index (Phi) is 7.80. The summed E-state index contributed by atoms with van der Waals surface area (Å²) in [6.07, 6.45) is 2.21. The zero-order chi connectivity index (χ0) is 26.7. The van der Waals surface area contributed by atoms with Gasteiger partial charge in [-0.1, -0.05) is 11.6 Å². The number of Topliss-reactive ketones (excluding diaryl/α,β-unsaturated/α-hetero) is 1. The summed E-state index contributed by atoms with van der Waals surface area (Å²) in [6, 6.07) is 11.9. The monoisotopic (exact) mass is 527 g/mol. The fraction of sp³-hybridized carbons (Fsp3) is 0.321. The molecule has 1 heterocycles. The minimum absolute atomic E-state index is 0.000818. The van der Waals surface area contributed by atoms with Gasteiger partial charge in [0.05, 0.1) is 42.3 Å². The van der Waals surface area contributed by atoms with Crippen LogP contribution in [0.5, 0.6) is 11.5 Å². The standard InChI is InChI=1S/C28H27ClFNO6/c1-28(34,11-10-23(32)17-5-9-24(25(14-17)35-2)37-19-6-7-19)26-15-18(27(33)36-3)13-22(31-26)16-4-8-21(30)20(29)12-16/h4-5,8-9,12-15,19,34H,6-7,10-11H2,1-3H3. The van der Waals surface area contributed by atoms with Crippen molar-refractivity contribution < 1.29 is 33.3 Å². The van der Waals surface area contributed by atoms with Gasteiger partial charge < -0.3 is 19.3 Å². The number of pyridine rings is 1. The number of hydrogen-bond acceptors (Lipinski definition) is 7. The number of nitrogens with zero attached hydrogens (tertiary/aromatic N) is 1. The molecule has 1 N–H and O–H groups in total.